The van der Waals surface area contributed by atoms with Crippen molar-refractivity contribution in [3.8, 4) is 10.7 Å². The summed E-state index contributed by atoms with van der Waals surface area (Å²) in [6, 6.07) is 10.2. The minimum atomic E-state index is 0.156. The summed E-state index contributed by atoms with van der Waals surface area (Å²) in [6.45, 7) is 2.86. The molecule has 25 heavy (non-hydrogen) atoms. The van der Waals surface area contributed by atoms with Gasteiger partial charge in [0.1, 0.15) is 0 Å². The first-order valence-electron chi connectivity index (χ1n) is 8.51. The van der Waals surface area contributed by atoms with Crippen LogP contribution in [0.15, 0.2) is 40.9 Å². The van der Waals surface area contributed by atoms with Gasteiger partial charge < -0.3 is 4.57 Å². The summed E-state index contributed by atoms with van der Waals surface area (Å²) in [5, 5.41) is 11.5. The molecule has 2 heterocycles. The lowest BCUT2D eigenvalue weighted by atomic mass is 10.0. The number of thioether (sulfide) groups is 1. The number of carbonyl (C=O) groups is 1. The van der Waals surface area contributed by atoms with Crippen molar-refractivity contribution >= 4 is 28.9 Å². The van der Waals surface area contributed by atoms with Gasteiger partial charge in [0.25, 0.3) is 0 Å². The van der Waals surface area contributed by atoms with Crippen molar-refractivity contribution in [3.63, 3.8) is 0 Å². The summed E-state index contributed by atoms with van der Waals surface area (Å²) in [5.41, 5.74) is 3.55. The maximum atomic E-state index is 12.6. The van der Waals surface area contributed by atoms with Crippen LogP contribution in [0.2, 0.25) is 0 Å². The van der Waals surface area contributed by atoms with Crippen LogP contribution >= 0.6 is 23.1 Å². The Labute approximate surface area is 155 Å². The van der Waals surface area contributed by atoms with E-state index in [2.05, 4.69) is 33.8 Å². The van der Waals surface area contributed by atoms with Crippen LogP contribution in [0.4, 0.5) is 0 Å². The Morgan fingerprint density at radius 3 is 2.92 bits per heavy atom. The molecule has 128 valence electrons. The third-order valence-electron chi connectivity index (χ3n) is 4.53. The van der Waals surface area contributed by atoms with Crippen molar-refractivity contribution in [3.05, 3.63) is 52.4 Å². The Kier molecular flexibility index (Phi) is 4.72. The van der Waals surface area contributed by atoms with Crippen molar-refractivity contribution in [1.82, 2.24) is 14.8 Å². The summed E-state index contributed by atoms with van der Waals surface area (Å²) < 4.78 is 2.08. The van der Waals surface area contributed by atoms with E-state index in [9.17, 15) is 4.79 Å². The van der Waals surface area contributed by atoms with E-state index in [-0.39, 0.29) is 5.78 Å². The molecule has 0 amide bonds. The predicted octanol–water partition coefficient (Wildman–Crippen LogP) is 4.49. The highest BCUT2D eigenvalue weighted by Crippen LogP contribution is 2.28. The van der Waals surface area contributed by atoms with Crippen LogP contribution in [0.25, 0.3) is 10.7 Å². The zero-order valence-corrected chi connectivity index (χ0v) is 15.7. The van der Waals surface area contributed by atoms with Gasteiger partial charge in [-0.15, -0.1) is 21.5 Å². The monoisotopic (exact) mass is 369 g/mol. The standard InChI is InChI=1S/C19H19N3OS2/c1-2-22-18(17-7-4-10-24-17)20-21-19(22)25-12-16(23)15-9-8-13-5-3-6-14(13)11-15/h4,7-11H,2-3,5-6,12H2,1H3. The first kappa shape index (κ1) is 16.5. The lowest BCUT2D eigenvalue weighted by Gasteiger charge is -2.07. The van der Waals surface area contributed by atoms with Crippen molar-refractivity contribution in [2.24, 2.45) is 0 Å². The fourth-order valence-electron chi connectivity index (χ4n) is 3.23. The second-order valence-corrected chi connectivity index (χ2v) is 7.97. The third kappa shape index (κ3) is 3.28. The summed E-state index contributed by atoms with van der Waals surface area (Å²) in [7, 11) is 0. The molecule has 4 nitrogen and oxygen atoms in total. The number of rotatable bonds is 6. The number of fused-ring (bicyclic) bond motifs is 1. The van der Waals surface area contributed by atoms with Crippen LogP contribution in [0, 0.1) is 0 Å². The largest absolute Gasteiger partial charge is 0.302 e. The summed E-state index contributed by atoms with van der Waals surface area (Å²) in [5.74, 6) is 1.43. The minimum Gasteiger partial charge on any atom is -0.302 e. The van der Waals surface area contributed by atoms with E-state index >= 15 is 0 Å². The van der Waals surface area contributed by atoms with Gasteiger partial charge in [-0.2, -0.15) is 0 Å². The van der Waals surface area contributed by atoms with Gasteiger partial charge in [-0.3, -0.25) is 4.79 Å². The number of nitrogens with zero attached hydrogens (tertiary/aromatic N) is 3. The highest BCUT2D eigenvalue weighted by Gasteiger charge is 2.17. The molecule has 0 fully saturated rings. The quantitative estimate of drug-likeness (QED) is 0.474. The van der Waals surface area contributed by atoms with Crippen LogP contribution in [0.5, 0.6) is 0 Å². The average Bonchev–Trinajstić information content (AvgIpc) is 3.38. The Bertz CT molecular complexity index is 900. The number of benzene rings is 1. The van der Waals surface area contributed by atoms with Gasteiger partial charge in [-0.05, 0) is 54.8 Å². The molecule has 4 rings (SSSR count). The second-order valence-electron chi connectivity index (χ2n) is 6.08. The number of ketones is 1. The van der Waals surface area contributed by atoms with E-state index in [4.69, 9.17) is 0 Å². The van der Waals surface area contributed by atoms with Gasteiger partial charge >= 0.3 is 0 Å². The fraction of sp³-hybridized carbons (Fsp3) is 0.316. The molecular formula is C19H19N3OS2. The molecule has 2 aromatic heterocycles. The first-order chi connectivity index (χ1) is 12.3. The summed E-state index contributed by atoms with van der Waals surface area (Å²) >= 11 is 3.12. The molecule has 0 saturated carbocycles. The lowest BCUT2D eigenvalue weighted by molar-refractivity contribution is 0.102. The minimum absolute atomic E-state index is 0.156. The lowest BCUT2D eigenvalue weighted by Crippen LogP contribution is -2.05. The Balaban J connectivity index is 1.49. The van der Waals surface area contributed by atoms with Gasteiger partial charge in [0.15, 0.2) is 16.8 Å². The van der Waals surface area contributed by atoms with Gasteiger partial charge in [0.2, 0.25) is 0 Å². The van der Waals surface area contributed by atoms with E-state index in [1.165, 1.54) is 29.3 Å². The maximum Gasteiger partial charge on any atom is 0.191 e. The van der Waals surface area contributed by atoms with Crippen LogP contribution in [0.1, 0.15) is 34.8 Å². The van der Waals surface area contributed by atoms with Crippen molar-refractivity contribution in [1.29, 1.82) is 0 Å². The van der Waals surface area contributed by atoms with Crippen molar-refractivity contribution in [2.75, 3.05) is 5.75 Å². The number of hydrogen-bond acceptors (Lipinski definition) is 5. The average molecular weight is 370 g/mol. The molecule has 1 aliphatic carbocycles. The van der Waals surface area contributed by atoms with E-state index in [1.54, 1.807) is 11.3 Å². The molecule has 0 atom stereocenters. The van der Waals surface area contributed by atoms with E-state index in [0.717, 1.165) is 40.8 Å². The van der Waals surface area contributed by atoms with Crippen molar-refractivity contribution in [2.45, 2.75) is 37.9 Å². The highest BCUT2D eigenvalue weighted by molar-refractivity contribution is 7.99. The number of hydrogen-bond donors (Lipinski definition) is 0. The first-order valence-corrected chi connectivity index (χ1v) is 10.4. The highest BCUT2D eigenvalue weighted by atomic mass is 32.2. The van der Waals surface area contributed by atoms with Crippen LogP contribution in [-0.4, -0.2) is 26.3 Å². The van der Waals surface area contributed by atoms with E-state index in [0.29, 0.717) is 5.75 Å². The van der Waals surface area contributed by atoms with Gasteiger partial charge in [0, 0.05) is 12.1 Å². The molecule has 1 aliphatic rings. The van der Waals surface area contributed by atoms with Crippen LogP contribution < -0.4 is 0 Å². The van der Waals surface area contributed by atoms with Gasteiger partial charge in [-0.1, -0.05) is 30.0 Å². The van der Waals surface area contributed by atoms with E-state index in [1.807, 2.05) is 23.6 Å². The zero-order valence-electron chi connectivity index (χ0n) is 14.1. The molecule has 0 saturated heterocycles. The van der Waals surface area contributed by atoms with Crippen LogP contribution in [0.3, 0.4) is 0 Å². The Hall–Kier alpha value is -1.92. The zero-order chi connectivity index (χ0) is 17.2. The molecule has 0 aliphatic heterocycles. The topological polar surface area (TPSA) is 47.8 Å². The van der Waals surface area contributed by atoms with Crippen LogP contribution in [-0.2, 0) is 19.4 Å². The second kappa shape index (κ2) is 7.14. The molecule has 1 aromatic carbocycles. The fourth-order valence-corrected chi connectivity index (χ4v) is 4.84. The van der Waals surface area contributed by atoms with Gasteiger partial charge in [-0.25, -0.2) is 0 Å². The third-order valence-corrected chi connectivity index (χ3v) is 6.36. The number of thiophene rings is 1. The summed E-state index contributed by atoms with van der Waals surface area (Å²) in [6.07, 6.45) is 3.44. The molecule has 6 heteroatoms. The number of aromatic nitrogens is 3. The molecular weight excluding hydrogens is 350 g/mol. The Morgan fingerprint density at radius 2 is 2.12 bits per heavy atom. The molecule has 0 bridgehead atoms. The molecule has 3 aromatic rings. The molecule has 0 spiro atoms. The molecule has 0 radical (unpaired) electrons. The number of Topliss-reactive ketones (excluding diaryl/α,β-unsaturated/α-hetero) is 1. The van der Waals surface area contributed by atoms with Crippen molar-refractivity contribution < 1.29 is 4.79 Å². The number of carbonyl (C=O) groups excluding carboxylic acids is 1. The molecule has 0 N–H and O–H groups in total. The SMILES string of the molecule is CCn1c(SCC(=O)c2ccc3c(c2)CCC3)nnc1-c1cccs1. The molecule has 0 unspecified atom stereocenters. The Morgan fingerprint density at radius 1 is 1.24 bits per heavy atom. The number of aryl methyl sites for hydroxylation is 2. The van der Waals surface area contributed by atoms with E-state index < -0.39 is 0 Å². The maximum absolute atomic E-state index is 12.6. The normalized spacial score (nSPS) is 13.2. The van der Waals surface area contributed by atoms with Gasteiger partial charge in [0.05, 0.1) is 10.6 Å². The summed E-state index contributed by atoms with van der Waals surface area (Å²) in [4.78, 5) is 13.7. The predicted molar refractivity (Wildman–Crippen MR) is 103 cm³/mol. The smallest absolute Gasteiger partial charge is 0.191 e.